The summed E-state index contributed by atoms with van der Waals surface area (Å²) in [6.45, 7) is 4.24. The number of amides is 2. The zero-order valence-electron chi connectivity index (χ0n) is 16.7. The molecule has 1 aliphatic heterocycles. The molecular formula is C20H28FN5O3. The molecule has 29 heavy (non-hydrogen) atoms. The normalized spacial score (nSPS) is 21.9. The van der Waals surface area contributed by atoms with E-state index in [0.717, 1.165) is 18.4 Å². The summed E-state index contributed by atoms with van der Waals surface area (Å²) in [5.74, 6) is -0.288. The van der Waals surface area contributed by atoms with Crippen LogP contribution >= 0.6 is 0 Å². The monoisotopic (exact) mass is 405 g/mol. The Morgan fingerprint density at radius 3 is 2.79 bits per heavy atom. The van der Waals surface area contributed by atoms with Crippen LogP contribution in [0, 0.1) is 5.82 Å². The van der Waals surface area contributed by atoms with Crippen molar-refractivity contribution in [2.45, 2.75) is 63.9 Å². The summed E-state index contributed by atoms with van der Waals surface area (Å²) in [6.07, 6.45) is 3.59. The number of halogens is 1. The van der Waals surface area contributed by atoms with Crippen molar-refractivity contribution in [1.29, 1.82) is 0 Å². The lowest BCUT2D eigenvalue weighted by Gasteiger charge is -2.36. The van der Waals surface area contributed by atoms with Gasteiger partial charge < -0.3 is 20.5 Å². The molecule has 0 spiro atoms. The summed E-state index contributed by atoms with van der Waals surface area (Å²) < 4.78 is 20.8. The average Bonchev–Trinajstić information content (AvgIpc) is 3.16. The molecule has 1 saturated heterocycles. The molecule has 1 aliphatic rings. The molecule has 2 amide bonds. The van der Waals surface area contributed by atoms with E-state index in [2.05, 4.69) is 20.9 Å². The molecule has 3 atom stereocenters. The fraction of sp³-hybridized carbons (Fsp3) is 0.550. The smallest absolute Gasteiger partial charge is 0.315 e. The van der Waals surface area contributed by atoms with E-state index in [9.17, 15) is 14.3 Å². The maximum Gasteiger partial charge on any atom is 0.315 e. The SMILES string of the molecule is CC(C)NC(=O)N[C@H]1CC[C@@H](CCn2cc(-c3ccc(F)cc3)nn2)O[C@@H]1CO. The number of rotatable bonds is 7. The maximum atomic E-state index is 13.0. The molecule has 0 radical (unpaired) electrons. The van der Waals surface area contributed by atoms with E-state index in [1.165, 1.54) is 12.1 Å². The molecule has 8 nitrogen and oxygen atoms in total. The molecule has 0 aliphatic carbocycles. The van der Waals surface area contributed by atoms with Crippen molar-refractivity contribution >= 4 is 6.03 Å². The zero-order chi connectivity index (χ0) is 20.8. The quantitative estimate of drug-likeness (QED) is 0.655. The Morgan fingerprint density at radius 1 is 1.34 bits per heavy atom. The maximum absolute atomic E-state index is 13.0. The van der Waals surface area contributed by atoms with Gasteiger partial charge in [-0.15, -0.1) is 5.10 Å². The third-order valence-electron chi connectivity index (χ3n) is 4.89. The van der Waals surface area contributed by atoms with Crippen LogP contribution in [0.15, 0.2) is 30.5 Å². The minimum atomic E-state index is -0.433. The van der Waals surface area contributed by atoms with E-state index >= 15 is 0 Å². The summed E-state index contributed by atoms with van der Waals surface area (Å²) in [5, 5.41) is 23.6. The summed E-state index contributed by atoms with van der Waals surface area (Å²) in [6, 6.07) is 5.70. The summed E-state index contributed by atoms with van der Waals surface area (Å²) in [5.41, 5.74) is 1.49. The number of urea groups is 1. The van der Waals surface area contributed by atoms with E-state index < -0.39 is 6.10 Å². The van der Waals surface area contributed by atoms with Gasteiger partial charge in [-0.25, -0.2) is 9.18 Å². The first kappa shape index (κ1) is 21.2. The van der Waals surface area contributed by atoms with E-state index in [-0.39, 0.29) is 36.6 Å². The molecule has 0 unspecified atom stereocenters. The lowest BCUT2D eigenvalue weighted by atomic mass is 9.97. The number of hydrogen-bond acceptors (Lipinski definition) is 5. The van der Waals surface area contributed by atoms with E-state index in [4.69, 9.17) is 4.74 Å². The van der Waals surface area contributed by atoms with Gasteiger partial charge in [-0.1, -0.05) is 5.21 Å². The predicted octanol–water partition coefficient (Wildman–Crippen LogP) is 2.09. The van der Waals surface area contributed by atoms with Gasteiger partial charge in [0.15, 0.2) is 0 Å². The van der Waals surface area contributed by atoms with Crippen LogP contribution in [0.1, 0.15) is 33.1 Å². The third-order valence-corrected chi connectivity index (χ3v) is 4.89. The molecule has 3 N–H and O–H groups in total. The van der Waals surface area contributed by atoms with E-state index in [1.807, 2.05) is 20.0 Å². The second-order valence-corrected chi connectivity index (χ2v) is 7.60. The number of aryl methyl sites for hydroxylation is 1. The summed E-state index contributed by atoms with van der Waals surface area (Å²) in [7, 11) is 0. The number of aromatic nitrogens is 3. The standard InChI is InChI=1S/C20H28FN5O3/c1-13(2)22-20(28)23-17-8-7-16(29-19(17)12-27)9-10-26-11-18(24-25-26)14-3-5-15(21)6-4-14/h3-6,11,13,16-17,19,27H,7-10,12H2,1-2H3,(H2,22,23,28)/t16-,17-,19+/m0/s1. The second-order valence-electron chi connectivity index (χ2n) is 7.60. The molecule has 158 valence electrons. The number of nitrogens with zero attached hydrogens (tertiary/aromatic N) is 3. The topological polar surface area (TPSA) is 101 Å². The molecule has 3 rings (SSSR count). The first-order valence-corrected chi connectivity index (χ1v) is 9.94. The molecule has 0 bridgehead atoms. The Kier molecular flexibility index (Phi) is 7.16. The van der Waals surface area contributed by atoms with Gasteiger partial charge in [0.2, 0.25) is 0 Å². The minimum absolute atomic E-state index is 0.0307. The van der Waals surface area contributed by atoms with Gasteiger partial charge >= 0.3 is 6.03 Å². The number of carbonyl (C=O) groups excluding carboxylic acids is 1. The molecule has 1 aromatic heterocycles. The highest BCUT2D eigenvalue weighted by atomic mass is 19.1. The largest absolute Gasteiger partial charge is 0.394 e. The average molecular weight is 405 g/mol. The lowest BCUT2D eigenvalue weighted by Crippen LogP contribution is -2.54. The summed E-state index contributed by atoms with van der Waals surface area (Å²) in [4.78, 5) is 11.9. The van der Waals surface area contributed by atoms with Gasteiger partial charge in [-0.2, -0.15) is 0 Å². The van der Waals surface area contributed by atoms with Gasteiger partial charge in [0.25, 0.3) is 0 Å². The Bertz CT molecular complexity index is 796. The number of hydrogen-bond donors (Lipinski definition) is 3. The number of carbonyl (C=O) groups is 1. The molecule has 0 saturated carbocycles. The van der Waals surface area contributed by atoms with Crippen LogP contribution in [0.5, 0.6) is 0 Å². The molecule has 9 heteroatoms. The van der Waals surface area contributed by atoms with Crippen molar-refractivity contribution in [3.05, 3.63) is 36.3 Å². The van der Waals surface area contributed by atoms with Crippen molar-refractivity contribution in [2.24, 2.45) is 0 Å². The van der Waals surface area contributed by atoms with Crippen LogP contribution in [0.25, 0.3) is 11.3 Å². The van der Waals surface area contributed by atoms with Crippen LogP contribution in [0.4, 0.5) is 9.18 Å². The number of nitrogens with one attached hydrogen (secondary N) is 2. The number of ether oxygens (including phenoxy) is 1. The first-order valence-electron chi connectivity index (χ1n) is 9.94. The Balaban J connectivity index is 1.49. The molecule has 1 fully saturated rings. The van der Waals surface area contributed by atoms with Gasteiger partial charge in [0, 0.05) is 18.2 Å². The van der Waals surface area contributed by atoms with E-state index in [0.29, 0.717) is 18.7 Å². The number of benzene rings is 1. The van der Waals surface area contributed by atoms with Crippen LogP contribution in [-0.4, -0.2) is 57.0 Å². The van der Waals surface area contributed by atoms with Crippen LogP contribution in [0.2, 0.25) is 0 Å². The second kappa shape index (κ2) is 9.80. The molecule has 2 aromatic rings. The number of aliphatic hydroxyl groups excluding tert-OH is 1. The van der Waals surface area contributed by atoms with Crippen LogP contribution in [-0.2, 0) is 11.3 Å². The van der Waals surface area contributed by atoms with Gasteiger partial charge in [0.05, 0.1) is 24.9 Å². The highest BCUT2D eigenvalue weighted by Crippen LogP contribution is 2.23. The fourth-order valence-electron chi connectivity index (χ4n) is 3.42. The minimum Gasteiger partial charge on any atom is -0.394 e. The van der Waals surface area contributed by atoms with Crippen molar-refractivity contribution in [1.82, 2.24) is 25.6 Å². The first-order chi connectivity index (χ1) is 13.9. The van der Waals surface area contributed by atoms with Gasteiger partial charge in [0.1, 0.15) is 17.6 Å². The molecular weight excluding hydrogens is 377 g/mol. The Hall–Kier alpha value is -2.52. The highest BCUT2D eigenvalue weighted by Gasteiger charge is 2.31. The van der Waals surface area contributed by atoms with Crippen molar-refractivity contribution in [3.8, 4) is 11.3 Å². The summed E-state index contributed by atoms with van der Waals surface area (Å²) >= 11 is 0. The predicted molar refractivity (Wildman–Crippen MR) is 106 cm³/mol. The van der Waals surface area contributed by atoms with Crippen LogP contribution < -0.4 is 10.6 Å². The van der Waals surface area contributed by atoms with Gasteiger partial charge in [-0.3, -0.25) is 4.68 Å². The molecule has 1 aromatic carbocycles. The zero-order valence-corrected chi connectivity index (χ0v) is 16.7. The Morgan fingerprint density at radius 2 is 2.10 bits per heavy atom. The van der Waals surface area contributed by atoms with Crippen molar-refractivity contribution < 1.29 is 19.0 Å². The van der Waals surface area contributed by atoms with Crippen molar-refractivity contribution in [3.63, 3.8) is 0 Å². The third kappa shape index (κ3) is 5.98. The molecule has 2 heterocycles. The Labute approximate surface area is 169 Å². The van der Waals surface area contributed by atoms with Gasteiger partial charge in [-0.05, 0) is 57.4 Å². The van der Waals surface area contributed by atoms with Crippen LogP contribution in [0.3, 0.4) is 0 Å². The van der Waals surface area contributed by atoms with E-state index in [1.54, 1.807) is 16.8 Å². The fourth-order valence-corrected chi connectivity index (χ4v) is 3.42. The lowest BCUT2D eigenvalue weighted by molar-refractivity contribution is -0.0908. The highest BCUT2D eigenvalue weighted by molar-refractivity contribution is 5.74. The van der Waals surface area contributed by atoms with Crippen molar-refractivity contribution in [2.75, 3.05) is 6.61 Å². The number of aliphatic hydroxyl groups is 1.